The lowest BCUT2D eigenvalue weighted by Crippen LogP contribution is -2.23. The Labute approximate surface area is 88.7 Å². The van der Waals surface area contributed by atoms with Crippen LogP contribution in [0.2, 0.25) is 0 Å². The quantitative estimate of drug-likeness (QED) is 0.808. The smallest absolute Gasteiger partial charge is 0.137 e. The minimum Gasteiger partial charge on any atom is -0.507 e. The van der Waals surface area contributed by atoms with Crippen molar-refractivity contribution < 1.29 is 9.52 Å². The van der Waals surface area contributed by atoms with Gasteiger partial charge in [-0.25, -0.2) is 0 Å². The second-order valence-electron chi connectivity index (χ2n) is 3.80. The highest BCUT2D eigenvalue weighted by Gasteiger charge is 2.09. The third kappa shape index (κ3) is 1.97. The highest BCUT2D eigenvalue weighted by atomic mass is 16.3. The molecule has 0 bridgehead atoms. The summed E-state index contributed by atoms with van der Waals surface area (Å²) in [6.45, 7) is 2.09. The number of furan rings is 1. The van der Waals surface area contributed by atoms with Crippen LogP contribution >= 0.6 is 0 Å². The van der Waals surface area contributed by atoms with Gasteiger partial charge < -0.3 is 14.8 Å². The Balaban J connectivity index is 2.35. The molecule has 0 aliphatic heterocycles. The van der Waals surface area contributed by atoms with Crippen molar-refractivity contribution in [3.8, 4) is 5.75 Å². The molecule has 1 aromatic carbocycles. The topological polar surface area (TPSA) is 45.4 Å². The number of phenols is 1. The first-order valence-electron chi connectivity index (χ1n) is 5.08. The number of nitrogens with one attached hydrogen (secondary N) is 1. The van der Waals surface area contributed by atoms with Gasteiger partial charge >= 0.3 is 0 Å². The normalized spacial score (nSPS) is 13.2. The fourth-order valence-corrected chi connectivity index (χ4v) is 1.60. The highest BCUT2D eigenvalue weighted by molar-refractivity contribution is 5.84. The lowest BCUT2D eigenvalue weighted by atomic mass is 10.2. The maximum atomic E-state index is 9.60. The van der Waals surface area contributed by atoms with Gasteiger partial charge in [-0.2, -0.15) is 0 Å². The third-order valence-corrected chi connectivity index (χ3v) is 2.59. The molecule has 0 aliphatic rings. The van der Waals surface area contributed by atoms with E-state index in [4.69, 9.17) is 4.42 Å². The molecule has 1 unspecified atom stereocenters. The van der Waals surface area contributed by atoms with E-state index in [-0.39, 0.29) is 5.75 Å². The molecule has 0 fully saturated rings. The third-order valence-electron chi connectivity index (χ3n) is 2.59. The molecule has 3 nitrogen and oxygen atoms in total. The molecule has 2 aromatic rings. The second-order valence-corrected chi connectivity index (χ2v) is 3.80. The van der Waals surface area contributed by atoms with Gasteiger partial charge in [-0.15, -0.1) is 0 Å². The first-order valence-corrected chi connectivity index (χ1v) is 5.08. The van der Waals surface area contributed by atoms with Crippen LogP contribution in [0.3, 0.4) is 0 Å². The van der Waals surface area contributed by atoms with Gasteiger partial charge in [0.15, 0.2) is 0 Å². The molecule has 1 aromatic heterocycles. The lowest BCUT2D eigenvalue weighted by Gasteiger charge is -2.06. The largest absolute Gasteiger partial charge is 0.507 e. The van der Waals surface area contributed by atoms with Crippen LogP contribution < -0.4 is 5.32 Å². The number of hydrogen-bond donors (Lipinski definition) is 2. The predicted molar refractivity (Wildman–Crippen MR) is 60.1 cm³/mol. The highest BCUT2D eigenvalue weighted by Crippen LogP contribution is 2.27. The average molecular weight is 205 g/mol. The van der Waals surface area contributed by atoms with E-state index >= 15 is 0 Å². The number of hydrogen-bond acceptors (Lipinski definition) is 3. The van der Waals surface area contributed by atoms with Crippen LogP contribution in [0.1, 0.15) is 12.7 Å². The molecule has 0 radical (unpaired) electrons. The molecule has 2 rings (SSSR count). The van der Waals surface area contributed by atoms with Gasteiger partial charge in [-0.05, 0) is 32.2 Å². The average Bonchev–Trinajstić information content (AvgIpc) is 2.62. The maximum absolute atomic E-state index is 9.60. The molecule has 80 valence electrons. The molecule has 15 heavy (non-hydrogen) atoms. The van der Waals surface area contributed by atoms with Crippen LogP contribution in [0.5, 0.6) is 5.75 Å². The van der Waals surface area contributed by atoms with Crippen molar-refractivity contribution >= 4 is 11.0 Å². The van der Waals surface area contributed by atoms with Gasteiger partial charge in [0, 0.05) is 12.5 Å². The van der Waals surface area contributed by atoms with Crippen molar-refractivity contribution in [1.29, 1.82) is 0 Å². The maximum Gasteiger partial charge on any atom is 0.137 e. The SMILES string of the molecule is CNC(C)Cc1cc2c(O)cccc2o1. The number of fused-ring (bicyclic) bond motifs is 1. The summed E-state index contributed by atoms with van der Waals surface area (Å²) in [5.74, 6) is 1.17. The molecule has 1 heterocycles. The molecular weight excluding hydrogens is 190 g/mol. The number of rotatable bonds is 3. The Morgan fingerprint density at radius 2 is 2.27 bits per heavy atom. The standard InChI is InChI=1S/C12H15NO2/c1-8(13-2)6-9-7-10-11(14)4-3-5-12(10)15-9/h3-5,7-8,13-14H,6H2,1-2H3. The van der Waals surface area contributed by atoms with Crippen LogP contribution in [0.25, 0.3) is 11.0 Å². The van der Waals surface area contributed by atoms with Crippen molar-refractivity contribution in [1.82, 2.24) is 5.32 Å². The van der Waals surface area contributed by atoms with Gasteiger partial charge in [-0.1, -0.05) is 6.07 Å². The molecule has 0 saturated heterocycles. The van der Waals surface area contributed by atoms with E-state index in [1.807, 2.05) is 19.2 Å². The molecule has 0 aliphatic carbocycles. The summed E-state index contributed by atoms with van der Waals surface area (Å²) in [6, 6.07) is 7.59. The summed E-state index contributed by atoms with van der Waals surface area (Å²) in [5.41, 5.74) is 0.744. The van der Waals surface area contributed by atoms with Crippen molar-refractivity contribution in [3.05, 3.63) is 30.0 Å². The zero-order valence-corrected chi connectivity index (χ0v) is 8.95. The van der Waals surface area contributed by atoms with Gasteiger partial charge in [-0.3, -0.25) is 0 Å². The Kier molecular flexibility index (Phi) is 2.64. The number of phenolic OH excluding ortho intramolecular Hbond substituents is 1. The van der Waals surface area contributed by atoms with Crippen LogP contribution in [-0.2, 0) is 6.42 Å². The summed E-state index contributed by atoms with van der Waals surface area (Å²) in [6.07, 6.45) is 0.824. The summed E-state index contributed by atoms with van der Waals surface area (Å²) in [4.78, 5) is 0. The van der Waals surface area contributed by atoms with Crippen LogP contribution in [-0.4, -0.2) is 18.2 Å². The summed E-state index contributed by atoms with van der Waals surface area (Å²) >= 11 is 0. The van der Waals surface area contributed by atoms with E-state index in [1.54, 1.807) is 12.1 Å². The van der Waals surface area contributed by atoms with Crippen LogP contribution in [0.15, 0.2) is 28.7 Å². The minimum absolute atomic E-state index is 0.277. The fraction of sp³-hybridized carbons (Fsp3) is 0.333. The van der Waals surface area contributed by atoms with E-state index in [2.05, 4.69) is 12.2 Å². The molecule has 0 amide bonds. The zero-order valence-electron chi connectivity index (χ0n) is 8.95. The number of aromatic hydroxyl groups is 1. The molecular formula is C12H15NO2. The number of likely N-dealkylation sites (N-methyl/N-ethyl adjacent to an activating group) is 1. The summed E-state index contributed by atoms with van der Waals surface area (Å²) < 4.78 is 5.62. The van der Waals surface area contributed by atoms with Gasteiger partial charge in [0.2, 0.25) is 0 Å². The predicted octanol–water partition coefficient (Wildman–Crippen LogP) is 2.29. The molecule has 0 spiro atoms. The van der Waals surface area contributed by atoms with Crippen molar-refractivity contribution in [2.24, 2.45) is 0 Å². The van der Waals surface area contributed by atoms with Crippen molar-refractivity contribution in [3.63, 3.8) is 0 Å². The van der Waals surface area contributed by atoms with Crippen LogP contribution in [0.4, 0.5) is 0 Å². The minimum atomic E-state index is 0.277. The first-order chi connectivity index (χ1) is 7.20. The Hall–Kier alpha value is -1.48. The molecule has 2 N–H and O–H groups in total. The van der Waals surface area contributed by atoms with E-state index < -0.39 is 0 Å². The van der Waals surface area contributed by atoms with Crippen molar-refractivity contribution in [2.45, 2.75) is 19.4 Å². The lowest BCUT2D eigenvalue weighted by molar-refractivity contribution is 0.480. The Morgan fingerprint density at radius 1 is 1.47 bits per heavy atom. The van der Waals surface area contributed by atoms with Crippen molar-refractivity contribution in [2.75, 3.05) is 7.05 Å². The van der Waals surface area contributed by atoms with E-state index in [9.17, 15) is 5.11 Å². The molecule has 0 saturated carbocycles. The van der Waals surface area contributed by atoms with E-state index in [1.165, 1.54) is 0 Å². The van der Waals surface area contributed by atoms with Gasteiger partial charge in [0.25, 0.3) is 0 Å². The summed E-state index contributed by atoms with van der Waals surface area (Å²) in [5, 5.41) is 13.5. The fourth-order valence-electron chi connectivity index (χ4n) is 1.60. The molecule has 1 atom stereocenters. The summed E-state index contributed by atoms with van der Waals surface area (Å²) in [7, 11) is 1.92. The van der Waals surface area contributed by atoms with E-state index in [0.717, 1.165) is 23.2 Å². The Bertz CT molecular complexity index is 462. The first kappa shape index (κ1) is 10.1. The monoisotopic (exact) mass is 205 g/mol. The number of benzene rings is 1. The second kappa shape index (κ2) is 3.95. The van der Waals surface area contributed by atoms with Gasteiger partial charge in [0.1, 0.15) is 17.1 Å². The van der Waals surface area contributed by atoms with E-state index in [0.29, 0.717) is 6.04 Å². The van der Waals surface area contributed by atoms with Gasteiger partial charge in [0.05, 0.1) is 5.39 Å². The molecule has 3 heteroatoms. The zero-order chi connectivity index (χ0) is 10.8. The Morgan fingerprint density at radius 3 is 2.93 bits per heavy atom. The van der Waals surface area contributed by atoms with Crippen LogP contribution in [0, 0.1) is 0 Å².